The number of benzene rings is 6. The van der Waals surface area contributed by atoms with Crippen LogP contribution in [0.1, 0.15) is 108 Å². The van der Waals surface area contributed by atoms with Gasteiger partial charge in [0.05, 0.1) is 0 Å². The molecule has 3 heterocycles. The molecule has 9 aromatic rings. The Balaban J connectivity index is 0.000000133. The average molecular weight is 981 g/mol. The van der Waals surface area contributed by atoms with E-state index in [0.717, 1.165) is 124 Å². The summed E-state index contributed by atoms with van der Waals surface area (Å²) >= 11 is 0. The molecule has 13 heteroatoms. The first kappa shape index (κ1) is 50.0. The van der Waals surface area contributed by atoms with Crippen LogP contribution in [-0.2, 0) is 25.8 Å². The SMILES string of the molecule is CN.CN=Cc1ccc(-c2[nH]c3cc(F)cc4c3c2CCCC4=O)cc1.CNCc1ccc(-c2[nH]c3cc(F)cc4c3c2CCCC4=O)cc1.O=Cc1ccc(-c2[nH]c3cc(F)cc4c3c2CCCC4=O)cc1. The van der Waals surface area contributed by atoms with Crippen molar-refractivity contribution in [2.24, 2.45) is 10.7 Å². The quantitative estimate of drug-likeness (QED) is 0.0787. The van der Waals surface area contributed by atoms with Gasteiger partial charge < -0.3 is 26.0 Å². The molecule has 12 rings (SSSR count). The highest BCUT2D eigenvalue weighted by Gasteiger charge is 2.26. The molecular formula is C60H55F3N6O4. The summed E-state index contributed by atoms with van der Waals surface area (Å²) in [5.41, 5.74) is 20.1. The maximum Gasteiger partial charge on any atom is 0.163 e. The van der Waals surface area contributed by atoms with Crippen LogP contribution in [0.2, 0.25) is 0 Å². The Labute approximate surface area is 420 Å². The van der Waals surface area contributed by atoms with E-state index in [9.17, 15) is 32.3 Å². The van der Waals surface area contributed by atoms with Crippen molar-refractivity contribution in [3.63, 3.8) is 0 Å². The van der Waals surface area contributed by atoms with Gasteiger partial charge in [0.15, 0.2) is 17.3 Å². The maximum atomic E-state index is 13.9. The van der Waals surface area contributed by atoms with Crippen molar-refractivity contribution in [1.82, 2.24) is 20.3 Å². The minimum atomic E-state index is -0.404. The number of H-pyrrole nitrogens is 3. The number of nitrogens with zero attached hydrogens (tertiary/aromatic N) is 1. The molecule has 0 saturated carbocycles. The molecule has 0 unspecified atom stereocenters. The maximum absolute atomic E-state index is 13.9. The lowest BCUT2D eigenvalue weighted by Crippen LogP contribution is -2.04. The van der Waals surface area contributed by atoms with Gasteiger partial charge in [-0.05, 0) is 134 Å². The normalized spacial score (nSPS) is 13.9. The zero-order chi connectivity index (χ0) is 51.3. The second-order valence-electron chi connectivity index (χ2n) is 18.4. The topological polar surface area (TPSA) is 166 Å². The minimum Gasteiger partial charge on any atom is -0.354 e. The van der Waals surface area contributed by atoms with Crippen LogP contribution in [0.15, 0.2) is 114 Å². The Kier molecular flexibility index (Phi) is 14.9. The van der Waals surface area contributed by atoms with Crippen LogP contribution in [0, 0.1) is 17.5 Å². The Bertz CT molecular complexity index is 3590. The van der Waals surface area contributed by atoms with Crippen LogP contribution in [0.5, 0.6) is 0 Å². The number of hydrogen-bond donors (Lipinski definition) is 5. The van der Waals surface area contributed by atoms with Crippen molar-refractivity contribution in [3.8, 4) is 33.8 Å². The van der Waals surface area contributed by atoms with E-state index in [2.05, 4.69) is 55.3 Å². The van der Waals surface area contributed by atoms with Crippen molar-refractivity contribution in [3.05, 3.63) is 177 Å². The second-order valence-corrected chi connectivity index (χ2v) is 18.4. The number of aldehydes is 1. The van der Waals surface area contributed by atoms with Crippen LogP contribution < -0.4 is 11.1 Å². The summed E-state index contributed by atoms with van der Waals surface area (Å²) in [6, 6.07) is 32.1. The van der Waals surface area contributed by atoms with Gasteiger partial charge in [0.25, 0.3) is 0 Å². The van der Waals surface area contributed by atoms with Crippen LogP contribution >= 0.6 is 0 Å². The molecule has 3 aromatic heterocycles. The van der Waals surface area contributed by atoms with Gasteiger partial charge in [0, 0.05) is 111 Å². The van der Waals surface area contributed by atoms with E-state index in [-0.39, 0.29) is 29.0 Å². The first-order valence-corrected chi connectivity index (χ1v) is 24.5. The Morgan fingerprint density at radius 2 is 0.863 bits per heavy atom. The largest absolute Gasteiger partial charge is 0.354 e. The molecule has 3 aliphatic rings. The van der Waals surface area contributed by atoms with E-state index >= 15 is 0 Å². The number of aliphatic imine (C=N–C) groups is 1. The molecule has 0 aliphatic heterocycles. The van der Waals surface area contributed by atoms with Crippen molar-refractivity contribution >= 4 is 62.6 Å². The molecule has 0 spiro atoms. The predicted molar refractivity (Wildman–Crippen MR) is 285 cm³/mol. The van der Waals surface area contributed by atoms with Crippen molar-refractivity contribution in [2.75, 3.05) is 21.1 Å². The molecule has 0 bridgehead atoms. The van der Waals surface area contributed by atoms with E-state index in [1.165, 1.54) is 49.0 Å². The molecule has 73 heavy (non-hydrogen) atoms. The van der Waals surface area contributed by atoms with Crippen LogP contribution in [-0.4, -0.2) is 65.9 Å². The number of nitrogens with one attached hydrogen (secondary N) is 4. The lowest BCUT2D eigenvalue weighted by molar-refractivity contribution is 0.0974. The van der Waals surface area contributed by atoms with Crippen LogP contribution in [0.3, 0.4) is 0 Å². The fourth-order valence-electron chi connectivity index (χ4n) is 10.5. The van der Waals surface area contributed by atoms with Gasteiger partial charge in [0.2, 0.25) is 0 Å². The second kappa shape index (κ2) is 21.8. The fourth-order valence-corrected chi connectivity index (χ4v) is 10.5. The third-order valence-electron chi connectivity index (χ3n) is 13.7. The van der Waals surface area contributed by atoms with E-state index in [1.54, 1.807) is 25.4 Å². The molecular weight excluding hydrogens is 926 g/mol. The number of aryl methyl sites for hydroxylation is 3. The van der Waals surface area contributed by atoms with Crippen LogP contribution in [0.4, 0.5) is 13.2 Å². The predicted octanol–water partition coefficient (Wildman–Crippen LogP) is 12.6. The Hall–Kier alpha value is -8.00. The average Bonchev–Trinajstić information content (AvgIpc) is 3.95. The summed E-state index contributed by atoms with van der Waals surface area (Å²) in [6.45, 7) is 0.823. The summed E-state index contributed by atoms with van der Waals surface area (Å²) in [6.07, 6.45) is 8.75. The highest BCUT2D eigenvalue weighted by atomic mass is 19.1. The summed E-state index contributed by atoms with van der Waals surface area (Å²) < 4.78 is 41.7. The first-order chi connectivity index (χ1) is 35.5. The number of aromatic nitrogens is 3. The molecule has 0 fully saturated rings. The van der Waals surface area contributed by atoms with Gasteiger partial charge in [0.1, 0.15) is 23.7 Å². The van der Waals surface area contributed by atoms with Gasteiger partial charge in [-0.2, -0.15) is 0 Å². The van der Waals surface area contributed by atoms with Crippen LogP contribution in [0.25, 0.3) is 66.5 Å². The zero-order valence-electron chi connectivity index (χ0n) is 40.9. The molecule has 6 N–H and O–H groups in total. The number of Topliss-reactive ketones (excluding diaryl/α,β-unsaturated/α-hetero) is 3. The number of rotatable bonds is 7. The summed E-state index contributed by atoms with van der Waals surface area (Å²) in [5, 5.41) is 5.75. The smallest absolute Gasteiger partial charge is 0.163 e. The van der Waals surface area contributed by atoms with Gasteiger partial charge in [-0.1, -0.05) is 72.8 Å². The number of hydrogen-bond acceptors (Lipinski definition) is 7. The fraction of sp³-hybridized carbons (Fsp3) is 0.217. The summed E-state index contributed by atoms with van der Waals surface area (Å²) in [5.74, 6) is -1.09. The zero-order valence-corrected chi connectivity index (χ0v) is 40.9. The summed E-state index contributed by atoms with van der Waals surface area (Å²) in [4.78, 5) is 61.6. The van der Waals surface area contributed by atoms with Crippen molar-refractivity contribution in [1.29, 1.82) is 0 Å². The number of aromatic amines is 3. The molecule has 0 radical (unpaired) electrons. The lowest BCUT2D eigenvalue weighted by Gasteiger charge is -2.05. The number of ketones is 3. The molecule has 6 aromatic carbocycles. The number of carbonyl (C=O) groups excluding carboxylic acids is 4. The molecule has 3 aliphatic carbocycles. The molecule has 0 amide bonds. The van der Waals surface area contributed by atoms with Gasteiger partial charge >= 0.3 is 0 Å². The van der Waals surface area contributed by atoms with Gasteiger partial charge in [-0.15, -0.1) is 0 Å². The Morgan fingerprint density at radius 3 is 1.19 bits per heavy atom. The Morgan fingerprint density at radius 1 is 0.521 bits per heavy atom. The molecule has 10 nitrogen and oxygen atoms in total. The highest BCUT2D eigenvalue weighted by Crippen LogP contribution is 2.40. The van der Waals surface area contributed by atoms with E-state index in [1.807, 2.05) is 43.4 Å². The molecule has 370 valence electrons. The minimum absolute atomic E-state index is 0.00453. The first-order valence-electron chi connectivity index (χ1n) is 24.5. The number of nitrogens with two attached hydrogens (primary N) is 1. The van der Waals surface area contributed by atoms with E-state index in [0.29, 0.717) is 58.1 Å². The van der Waals surface area contributed by atoms with E-state index in [4.69, 9.17) is 0 Å². The van der Waals surface area contributed by atoms with E-state index < -0.39 is 5.82 Å². The third kappa shape index (κ3) is 10.1. The molecule has 0 saturated heterocycles. The number of halogens is 3. The van der Waals surface area contributed by atoms with Gasteiger partial charge in [-0.25, -0.2) is 13.2 Å². The summed E-state index contributed by atoms with van der Waals surface area (Å²) in [7, 11) is 5.17. The van der Waals surface area contributed by atoms with Crippen molar-refractivity contribution in [2.45, 2.75) is 64.3 Å². The van der Waals surface area contributed by atoms with Crippen molar-refractivity contribution < 1.29 is 32.3 Å². The van der Waals surface area contributed by atoms with Gasteiger partial charge in [-0.3, -0.25) is 24.2 Å². The lowest BCUT2D eigenvalue weighted by atomic mass is 9.99. The molecule has 0 atom stereocenters. The third-order valence-corrected chi connectivity index (χ3v) is 13.7. The highest BCUT2D eigenvalue weighted by molar-refractivity contribution is 6.13. The standard InChI is InChI=1S/C20H19FN2O.C20H17FN2O.C19H14FNO2.CH5N/c2*1-22-11-12-5-7-13(8-6-12)20-15-3-2-4-18(24)16-9-14(21)10-17(23-20)19(15)16;20-13-8-15-17(23)3-1-2-14-18(15)16(9-13)21-19(14)12-6-4-11(10-22)5-7-12;1-2/h5-10,22-23H,2-4,11H2,1H3;5-11,23H,2-4H2,1H3;4-10,21H,1-3H2;2H2,1H3. The monoisotopic (exact) mass is 980 g/mol. The number of carbonyl (C=O) groups is 4.